The van der Waals surface area contributed by atoms with Crippen LogP contribution in [0.5, 0.6) is 0 Å². The quantitative estimate of drug-likeness (QED) is 0.644. The molecule has 0 aromatic heterocycles. The van der Waals surface area contributed by atoms with Crippen molar-refractivity contribution in [2.45, 2.75) is 18.7 Å². The van der Waals surface area contributed by atoms with Crippen molar-refractivity contribution in [3.63, 3.8) is 0 Å². The molecule has 0 fully saturated rings. The monoisotopic (exact) mass is 405 g/mol. The number of thioether (sulfide) groups is 1. The summed E-state index contributed by atoms with van der Waals surface area (Å²) in [6.45, 7) is 4.67. The van der Waals surface area contributed by atoms with Crippen LogP contribution in [0.2, 0.25) is 5.02 Å². The number of nitrogens with zero attached hydrogens (tertiary/aromatic N) is 1. The van der Waals surface area contributed by atoms with Crippen molar-refractivity contribution >= 4 is 46.6 Å². The smallest absolute Gasteiger partial charge is 0.238 e. The van der Waals surface area contributed by atoms with E-state index in [-0.39, 0.29) is 24.9 Å². The van der Waals surface area contributed by atoms with E-state index in [1.54, 1.807) is 28.8 Å². The molecule has 0 aliphatic carbocycles. The molecule has 7 heteroatoms. The van der Waals surface area contributed by atoms with Gasteiger partial charge in [-0.25, -0.2) is 0 Å². The summed E-state index contributed by atoms with van der Waals surface area (Å²) < 4.78 is 0. The van der Waals surface area contributed by atoms with E-state index in [1.807, 2.05) is 50.4 Å². The van der Waals surface area contributed by atoms with Crippen LogP contribution in [0.3, 0.4) is 0 Å². The fraction of sp³-hybridized carbons (Fsp3) is 0.300. The van der Waals surface area contributed by atoms with Gasteiger partial charge in [0.05, 0.1) is 13.1 Å². The highest BCUT2D eigenvalue weighted by atomic mass is 35.5. The van der Waals surface area contributed by atoms with E-state index in [9.17, 15) is 9.59 Å². The highest BCUT2D eigenvalue weighted by Gasteiger charge is 2.14. The Hall–Kier alpha value is -2.02. The Morgan fingerprint density at radius 3 is 2.26 bits per heavy atom. The van der Waals surface area contributed by atoms with Crippen molar-refractivity contribution in [1.82, 2.24) is 4.90 Å². The lowest BCUT2D eigenvalue weighted by Crippen LogP contribution is -2.38. The van der Waals surface area contributed by atoms with E-state index < -0.39 is 0 Å². The molecule has 0 aliphatic heterocycles. The van der Waals surface area contributed by atoms with Crippen LogP contribution in [0.15, 0.2) is 47.4 Å². The maximum absolute atomic E-state index is 12.3. The second-order valence-corrected chi connectivity index (χ2v) is 7.40. The molecule has 0 unspecified atom stereocenters. The zero-order chi connectivity index (χ0) is 19.8. The summed E-state index contributed by atoms with van der Waals surface area (Å²) >= 11 is 7.63. The lowest BCUT2D eigenvalue weighted by atomic mass is 10.2. The molecule has 0 bridgehead atoms. The lowest BCUT2D eigenvalue weighted by Gasteiger charge is -2.20. The molecule has 5 nitrogen and oxygen atoms in total. The molecule has 2 rings (SSSR count). The number of hydrogen-bond acceptors (Lipinski definition) is 4. The summed E-state index contributed by atoms with van der Waals surface area (Å²) in [4.78, 5) is 27.5. The number of halogens is 1. The molecule has 0 heterocycles. The van der Waals surface area contributed by atoms with Crippen molar-refractivity contribution in [3.8, 4) is 0 Å². The van der Waals surface area contributed by atoms with E-state index in [2.05, 4.69) is 10.6 Å². The number of anilines is 2. The number of carbonyl (C=O) groups excluding carboxylic acids is 2. The summed E-state index contributed by atoms with van der Waals surface area (Å²) in [6, 6.07) is 13.0. The summed E-state index contributed by atoms with van der Waals surface area (Å²) in [7, 11) is 0. The predicted molar refractivity (Wildman–Crippen MR) is 114 cm³/mol. The summed E-state index contributed by atoms with van der Waals surface area (Å²) in [6.07, 6.45) is 2.00. The highest BCUT2D eigenvalue weighted by Crippen LogP contribution is 2.20. The van der Waals surface area contributed by atoms with Crippen LogP contribution in [0.25, 0.3) is 0 Å². The van der Waals surface area contributed by atoms with Gasteiger partial charge >= 0.3 is 0 Å². The number of aryl methyl sites for hydroxylation is 1. The molecule has 2 aromatic rings. The standard InChI is InChI=1S/C20H24ClN3O2S/c1-4-24(12-19(25)22-16-7-9-17(27-3)10-8-16)13-20(26)23-18-11-15(21)6-5-14(18)2/h5-11H,4,12-13H2,1-3H3,(H,22,25)(H,23,26). The average molecular weight is 406 g/mol. The van der Waals surface area contributed by atoms with Gasteiger partial charge in [-0.15, -0.1) is 11.8 Å². The molecule has 0 spiro atoms. The molecule has 2 aromatic carbocycles. The van der Waals surface area contributed by atoms with Crippen LogP contribution in [-0.4, -0.2) is 42.6 Å². The molecule has 2 amide bonds. The third kappa shape index (κ3) is 6.90. The van der Waals surface area contributed by atoms with E-state index in [1.165, 1.54) is 0 Å². The molecule has 0 atom stereocenters. The van der Waals surface area contributed by atoms with Crippen molar-refractivity contribution < 1.29 is 9.59 Å². The number of benzene rings is 2. The fourth-order valence-electron chi connectivity index (χ4n) is 2.48. The maximum Gasteiger partial charge on any atom is 0.238 e. The van der Waals surface area contributed by atoms with Gasteiger partial charge in [0, 0.05) is 21.3 Å². The van der Waals surface area contributed by atoms with Crippen molar-refractivity contribution in [2.24, 2.45) is 0 Å². The number of rotatable bonds is 8. The van der Waals surface area contributed by atoms with Crippen molar-refractivity contribution in [2.75, 3.05) is 36.5 Å². The fourth-order valence-corrected chi connectivity index (χ4v) is 3.06. The van der Waals surface area contributed by atoms with Gasteiger partial charge in [-0.3, -0.25) is 14.5 Å². The minimum absolute atomic E-state index is 0.126. The Balaban J connectivity index is 1.88. The topological polar surface area (TPSA) is 61.4 Å². The number of hydrogen-bond donors (Lipinski definition) is 2. The normalized spacial score (nSPS) is 10.7. The minimum atomic E-state index is -0.181. The van der Waals surface area contributed by atoms with E-state index in [4.69, 9.17) is 11.6 Å². The Labute approximate surface area is 169 Å². The molecular weight excluding hydrogens is 382 g/mol. The van der Waals surface area contributed by atoms with Crippen LogP contribution < -0.4 is 10.6 Å². The second kappa shape index (κ2) is 10.3. The van der Waals surface area contributed by atoms with Gasteiger partial charge in [0.25, 0.3) is 0 Å². The van der Waals surface area contributed by atoms with Crippen LogP contribution in [0.4, 0.5) is 11.4 Å². The third-order valence-electron chi connectivity index (χ3n) is 4.03. The average Bonchev–Trinajstić information content (AvgIpc) is 2.64. The van der Waals surface area contributed by atoms with E-state index in [0.29, 0.717) is 17.3 Å². The molecule has 27 heavy (non-hydrogen) atoms. The van der Waals surface area contributed by atoms with E-state index >= 15 is 0 Å². The highest BCUT2D eigenvalue weighted by molar-refractivity contribution is 7.98. The van der Waals surface area contributed by atoms with Crippen LogP contribution in [0, 0.1) is 6.92 Å². The van der Waals surface area contributed by atoms with Crippen molar-refractivity contribution in [1.29, 1.82) is 0 Å². The first kappa shape index (κ1) is 21.3. The van der Waals surface area contributed by atoms with Gasteiger partial charge < -0.3 is 10.6 Å². The van der Waals surface area contributed by atoms with Gasteiger partial charge in [-0.2, -0.15) is 0 Å². The lowest BCUT2D eigenvalue weighted by molar-refractivity contribution is -0.119. The first-order chi connectivity index (χ1) is 12.9. The zero-order valence-corrected chi connectivity index (χ0v) is 17.3. The number of carbonyl (C=O) groups is 2. The predicted octanol–water partition coefficient (Wildman–Crippen LogP) is 4.27. The third-order valence-corrected chi connectivity index (χ3v) is 5.01. The molecule has 0 saturated heterocycles. The first-order valence-corrected chi connectivity index (χ1v) is 10.2. The van der Waals surface area contributed by atoms with Gasteiger partial charge in [-0.1, -0.05) is 24.6 Å². The van der Waals surface area contributed by atoms with E-state index in [0.717, 1.165) is 16.1 Å². The molecule has 2 N–H and O–H groups in total. The minimum Gasteiger partial charge on any atom is -0.325 e. The number of likely N-dealkylation sites (N-methyl/N-ethyl adjacent to an activating group) is 1. The summed E-state index contributed by atoms with van der Waals surface area (Å²) in [5.41, 5.74) is 2.36. The Kier molecular flexibility index (Phi) is 8.16. The van der Waals surface area contributed by atoms with Gasteiger partial charge in [0.15, 0.2) is 0 Å². The SMILES string of the molecule is CCN(CC(=O)Nc1ccc(SC)cc1)CC(=O)Nc1cc(Cl)ccc1C. The number of amides is 2. The largest absolute Gasteiger partial charge is 0.325 e. The van der Waals surface area contributed by atoms with Gasteiger partial charge in [0.1, 0.15) is 0 Å². The van der Waals surface area contributed by atoms with Crippen molar-refractivity contribution in [3.05, 3.63) is 53.1 Å². The molecule has 144 valence electrons. The van der Waals surface area contributed by atoms with Crippen LogP contribution in [0.1, 0.15) is 12.5 Å². The molecular formula is C20H24ClN3O2S. The van der Waals surface area contributed by atoms with Gasteiger partial charge in [0.2, 0.25) is 11.8 Å². The summed E-state index contributed by atoms with van der Waals surface area (Å²) in [5, 5.41) is 6.28. The molecule has 0 aliphatic rings. The molecule has 0 saturated carbocycles. The van der Waals surface area contributed by atoms with Crippen LogP contribution in [-0.2, 0) is 9.59 Å². The number of nitrogens with one attached hydrogen (secondary N) is 2. The Morgan fingerprint density at radius 2 is 1.67 bits per heavy atom. The first-order valence-electron chi connectivity index (χ1n) is 8.63. The summed E-state index contributed by atoms with van der Waals surface area (Å²) in [5.74, 6) is -0.333. The Bertz CT molecular complexity index is 796. The Morgan fingerprint density at radius 1 is 1.04 bits per heavy atom. The van der Waals surface area contributed by atoms with Crippen LogP contribution >= 0.6 is 23.4 Å². The second-order valence-electron chi connectivity index (χ2n) is 6.09. The zero-order valence-electron chi connectivity index (χ0n) is 15.7. The maximum atomic E-state index is 12.3. The van der Waals surface area contributed by atoms with Gasteiger partial charge in [-0.05, 0) is 61.7 Å². The molecule has 0 radical (unpaired) electrons.